The van der Waals surface area contributed by atoms with Crippen LogP contribution in [0.15, 0.2) is 18.5 Å². The van der Waals surface area contributed by atoms with E-state index in [9.17, 15) is 4.79 Å². The number of amides is 1. The van der Waals surface area contributed by atoms with Crippen molar-refractivity contribution < 1.29 is 9.53 Å². The highest BCUT2D eigenvalue weighted by Crippen LogP contribution is 2.14. The molecule has 1 atom stereocenters. The molecule has 5 nitrogen and oxygen atoms in total. The third-order valence-electron chi connectivity index (χ3n) is 2.95. The van der Waals surface area contributed by atoms with Crippen LogP contribution in [0.1, 0.15) is 30.1 Å². The number of rotatable bonds is 5. The maximum atomic E-state index is 12.1. The number of hydrogen-bond donors (Lipinski definition) is 2. The molecule has 1 aliphatic heterocycles. The molecule has 0 spiro atoms. The molecule has 1 aliphatic rings. The Balaban J connectivity index is 1.94. The van der Waals surface area contributed by atoms with Crippen molar-refractivity contribution in [2.45, 2.75) is 25.9 Å². The van der Waals surface area contributed by atoms with Gasteiger partial charge in [0.25, 0.3) is 5.91 Å². The van der Waals surface area contributed by atoms with Crippen LogP contribution in [0.4, 0.5) is 5.69 Å². The van der Waals surface area contributed by atoms with E-state index >= 15 is 0 Å². The monoisotopic (exact) mass is 249 g/mol. The van der Waals surface area contributed by atoms with E-state index in [4.69, 9.17) is 4.74 Å². The lowest BCUT2D eigenvalue weighted by Gasteiger charge is -2.13. The summed E-state index contributed by atoms with van der Waals surface area (Å²) in [6.07, 6.45) is 5.52. The summed E-state index contributed by atoms with van der Waals surface area (Å²) >= 11 is 0. The molecule has 0 aliphatic carbocycles. The molecule has 2 N–H and O–H groups in total. The van der Waals surface area contributed by atoms with Crippen molar-refractivity contribution in [2.75, 3.05) is 25.0 Å². The molecule has 1 fully saturated rings. The second-order valence-electron chi connectivity index (χ2n) is 4.30. The van der Waals surface area contributed by atoms with E-state index < -0.39 is 0 Å². The van der Waals surface area contributed by atoms with Gasteiger partial charge in [-0.15, -0.1) is 0 Å². The number of anilines is 1. The summed E-state index contributed by atoms with van der Waals surface area (Å²) in [6, 6.07) is 1.81. The van der Waals surface area contributed by atoms with E-state index in [1.54, 1.807) is 12.4 Å². The molecule has 18 heavy (non-hydrogen) atoms. The van der Waals surface area contributed by atoms with Gasteiger partial charge in [0.1, 0.15) is 0 Å². The Morgan fingerprint density at radius 3 is 3.22 bits per heavy atom. The number of nitrogens with one attached hydrogen (secondary N) is 2. The molecule has 1 saturated heterocycles. The van der Waals surface area contributed by atoms with Gasteiger partial charge in [-0.1, -0.05) is 0 Å². The Morgan fingerprint density at radius 2 is 2.50 bits per heavy atom. The zero-order valence-corrected chi connectivity index (χ0v) is 10.6. The first-order chi connectivity index (χ1) is 8.81. The number of carbonyl (C=O) groups is 1. The lowest BCUT2D eigenvalue weighted by molar-refractivity contribution is 0.0858. The first kappa shape index (κ1) is 12.8. The molecule has 2 rings (SSSR count). The van der Waals surface area contributed by atoms with Crippen LogP contribution in [0.25, 0.3) is 0 Å². The summed E-state index contributed by atoms with van der Waals surface area (Å²) in [6.45, 7) is 4.14. The smallest absolute Gasteiger partial charge is 0.255 e. The van der Waals surface area contributed by atoms with Crippen LogP contribution in [-0.2, 0) is 4.74 Å². The van der Waals surface area contributed by atoms with E-state index in [-0.39, 0.29) is 12.0 Å². The minimum absolute atomic E-state index is 0.102. The molecule has 1 unspecified atom stereocenters. The normalized spacial score (nSPS) is 18.6. The van der Waals surface area contributed by atoms with Crippen molar-refractivity contribution in [3.05, 3.63) is 24.0 Å². The fourth-order valence-electron chi connectivity index (χ4n) is 2.03. The number of nitrogens with zero attached hydrogens (tertiary/aromatic N) is 1. The van der Waals surface area contributed by atoms with Crippen LogP contribution in [0.3, 0.4) is 0 Å². The summed E-state index contributed by atoms with van der Waals surface area (Å²) in [5, 5.41) is 6.05. The summed E-state index contributed by atoms with van der Waals surface area (Å²) < 4.78 is 5.47. The topological polar surface area (TPSA) is 63.2 Å². The fourth-order valence-corrected chi connectivity index (χ4v) is 2.03. The van der Waals surface area contributed by atoms with Crippen molar-refractivity contribution in [3.8, 4) is 0 Å². The summed E-state index contributed by atoms with van der Waals surface area (Å²) in [5.74, 6) is -0.102. The third-order valence-corrected chi connectivity index (χ3v) is 2.95. The van der Waals surface area contributed by atoms with Gasteiger partial charge in [-0.05, 0) is 25.8 Å². The number of pyridine rings is 1. The number of hydrogen-bond acceptors (Lipinski definition) is 4. The molecule has 5 heteroatoms. The van der Waals surface area contributed by atoms with Crippen molar-refractivity contribution in [3.63, 3.8) is 0 Å². The van der Waals surface area contributed by atoms with E-state index in [0.717, 1.165) is 31.7 Å². The molecule has 0 saturated carbocycles. The minimum Gasteiger partial charge on any atom is -0.385 e. The van der Waals surface area contributed by atoms with Crippen LogP contribution < -0.4 is 10.6 Å². The third kappa shape index (κ3) is 3.20. The Hall–Kier alpha value is -1.62. The molecule has 0 aromatic carbocycles. The molecule has 1 amide bonds. The summed E-state index contributed by atoms with van der Waals surface area (Å²) in [5.41, 5.74) is 1.40. The second-order valence-corrected chi connectivity index (χ2v) is 4.30. The van der Waals surface area contributed by atoms with Crippen molar-refractivity contribution in [2.24, 2.45) is 0 Å². The highest BCUT2D eigenvalue weighted by molar-refractivity contribution is 5.99. The summed E-state index contributed by atoms with van der Waals surface area (Å²) in [7, 11) is 0. The highest BCUT2D eigenvalue weighted by Gasteiger charge is 2.17. The van der Waals surface area contributed by atoms with Crippen LogP contribution in [-0.4, -0.2) is 36.7 Å². The molecule has 1 aromatic heterocycles. The zero-order valence-electron chi connectivity index (χ0n) is 10.6. The Bertz CT molecular complexity index is 403. The van der Waals surface area contributed by atoms with E-state index in [1.807, 2.05) is 13.0 Å². The van der Waals surface area contributed by atoms with E-state index in [0.29, 0.717) is 12.1 Å². The standard InChI is InChI=1S/C13H19N3O2/c1-2-15-12-5-6-14-9-11(12)13(17)16-8-10-4-3-7-18-10/h5-6,9-10H,2-4,7-8H2,1H3,(H,14,15)(H,16,17). The number of aromatic nitrogens is 1. The molecular weight excluding hydrogens is 230 g/mol. The molecule has 1 aromatic rings. The predicted octanol–water partition coefficient (Wildman–Crippen LogP) is 1.42. The minimum atomic E-state index is -0.102. The van der Waals surface area contributed by atoms with E-state index in [1.165, 1.54) is 0 Å². The van der Waals surface area contributed by atoms with Crippen molar-refractivity contribution in [1.82, 2.24) is 10.3 Å². The number of ether oxygens (including phenoxy) is 1. The van der Waals surface area contributed by atoms with Crippen LogP contribution in [0.2, 0.25) is 0 Å². The van der Waals surface area contributed by atoms with Gasteiger partial charge < -0.3 is 15.4 Å². The highest BCUT2D eigenvalue weighted by atomic mass is 16.5. The van der Waals surface area contributed by atoms with Crippen molar-refractivity contribution >= 4 is 11.6 Å². The van der Waals surface area contributed by atoms with Gasteiger partial charge in [-0.3, -0.25) is 9.78 Å². The second kappa shape index (κ2) is 6.35. The molecule has 0 radical (unpaired) electrons. The van der Waals surface area contributed by atoms with Gasteiger partial charge in [-0.2, -0.15) is 0 Å². The van der Waals surface area contributed by atoms with Crippen molar-refractivity contribution in [1.29, 1.82) is 0 Å². The fraction of sp³-hybridized carbons (Fsp3) is 0.538. The molecule has 0 bridgehead atoms. The SMILES string of the molecule is CCNc1ccncc1C(=O)NCC1CCCO1. The first-order valence-electron chi connectivity index (χ1n) is 6.39. The van der Waals surface area contributed by atoms with Gasteiger partial charge in [-0.25, -0.2) is 0 Å². The van der Waals surface area contributed by atoms with Crippen LogP contribution in [0.5, 0.6) is 0 Å². The van der Waals surface area contributed by atoms with Gasteiger partial charge in [0.05, 0.1) is 17.4 Å². The zero-order chi connectivity index (χ0) is 12.8. The average molecular weight is 249 g/mol. The molecular formula is C13H19N3O2. The maximum Gasteiger partial charge on any atom is 0.255 e. The van der Waals surface area contributed by atoms with Gasteiger partial charge in [0, 0.05) is 32.1 Å². The van der Waals surface area contributed by atoms with Gasteiger partial charge in [0.15, 0.2) is 0 Å². The van der Waals surface area contributed by atoms with Crippen LogP contribution >= 0.6 is 0 Å². The lowest BCUT2D eigenvalue weighted by Crippen LogP contribution is -2.32. The van der Waals surface area contributed by atoms with Crippen LogP contribution in [0, 0.1) is 0 Å². The Labute approximate surface area is 107 Å². The molecule has 2 heterocycles. The lowest BCUT2D eigenvalue weighted by atomic mass is 10.2. The van der Waals surface area contributed by atoms with Gasteiger partial charge >= 0.3 is 0 Å². The van der Waals surface area contributed by atoms with Gasteiger partial charge in [0.2, 0.25) is 0 Å². The largest absolute Gasteiger partial charge is 0.385 e. The Kier molecular flexibility index (Phi) is 4.52. The quantitative estimate of drug-likeness (QED) is 0.828. The number of carbonyl (C=O) groups excluding carboxylic acids is 1. The maximum absolute atomic E-state index is 12.1. The predicted molar refractivity (Wildman–Crippen MR) is 69.7 cm³/mol. The summed E-state index contributed by atoms with van der Waals surface area (Å²) in [4.78, 5) is 16.0. The average Bonchev–Trinajstić information content (AvgIpc) is 2.90. The molecule has 98 valence electrons. The Morgan fingerprint density at radius 1 is 1.61 bits per heavy atom. The van der Waals surface area contributed by atoms with E-state index in [2.05, 4.69) is 15.6 Å². The first-order valence-corrected chi connectivity index (χ1v) is 6.39.